The highest BCUT2D eigenvalue weighted by Gasteiger charge is 2.25. The summed E-state index contributed by atoms with van der Waals surface area (Å²) in [5.74, 6) is 0.239. The van der Waals surface area contributed by atoms with Gasteiger partial charge in [0.05, 0.1) is 12.3 Å². The molecule has 0 fully saturated rings. The SMILES string of the molecule is CCOc1ccc(-c2c(C(=O)NN=C(C)c3ccc(Br)cc3)nnn2-c2nonc2N)cc1. The van der Waals surface area contributed by atoms with Gasteiger partial charge in [-0.3, -0.25) is 4.79 Å². The maximum Gasteiger partial charge on any atom is 0.294 e. The van der Waals surface area contributed by atoms with Crippen LogP contribution in [0.2, 0.25) is 0 Å². The molecule has 4 aromatic rings. The summed E-state index contributed by atoms with van der Waals surface area (Å²) in [6.45, 7) is 4.21. The van der Waals surface area contributed by atoms with Crippen molar-refractivity contribution in [1.29, 1.82) is 0 Å². The van der Waals surface area contributed by atoms with E-state index >= 15 is 0 Å². The number of nitrogen functional groups attached to an aromatic ring is 1. The topological polar surface area (TPSA) is 146 Å². The normalized spacial score (nSPS) is 11.4. The number of benzene rings is 2. The van der Waals surface area contributed by atoms with Gasteiger partial charge in [-0.05, 0) is 66.1 Å². The number of nitrogens with two attached hydrogens (primary N) is 1. The zero-order valence-electron chi connectivity index (χ0n) is 17.7. The zero-order chi connectivity index (χ0) is 23.4. The van der Waals surface area contributed by atoms with Crippen molar-refractivity contribution in [2.45, 2.75) is 13.8 Å². The van der Waals surface area contributed by atoms with Crippen molar-refractivity contribution < 1.29 is 14.2 Å². The molecule has 1 amide bonds. The molecule has 0 aliphatic carbocycles. The monoisotopic (exact) mass is 510 g/mol. The number of nitrogens with zero attached hydrogens (tertiary/aromatic N) is 6. The van der Waals surface area contributed by atoms with E-state index in [2.05, 4.69) is 51.7 Å². The van der Waals surface area contributed by atoms with Gasteiger partial charge in [0.25, 0.3) is 5.91 Å². The largest absolute Gasteiger partial charge is 0.494 e. The number of nitrogens with one attached hydrogen (secondary N) is 1. The molecule has 2 aromatic carbocycles. The van der Waals surface area contributed by atoms with Crippen molar-refractivity contribution in [3.05, 3.63) is 64.3 Å². The van der Waals surface area contributed by atoms with E-state index in [4.69, 9.17) is 10.5 Å². The molecule has 0 aliphatic heterocycles. The molecule has 0 radical (unpaired) electrons. The smallest absolute Gasteiger partial charge is 0.294 e. The van der Waals surface area contributed by atoms with Gasteiger partial charge < -0.3 is 10.5 Å². The van der Waals surface area contributed by atoms with E-state index in [0.717, 1.165) is 10.0 Å². The molecule has 3 N–H and O–H groups in total. The fourth-order valence-corrected chi connectivity index (χ4v) is 3.26. The first kappa shape index (κ1) is 22.1. The number of aromatic nitrogens is 5. The Labute approximate surface area is 196 Å². The molecule has 4 rings (SSSR count). The zero-order valence-corrected chi connectivity index (χ0v) is 19.3. The number of amides is 1. The molecular formula is C21H19BrN8O3. The average Bonchev–Trinajstić information content (AvgIpc) is 3.44. The second-order valence-electron chi connectivity index (χ2n) is 6.77. The molecule has 12 heteroatoms. The number of hydrazone groups is 1. The maximum absolute atomic E-state index is 13.0. The van der Waals surface area contributed by atoms with Crippen molar-refractivity contribution in [2.24, 2.45) is 5.10 Å². The first-order chi connectivity index (χ1) is 16.0. The highest BCUT2D eigenvalue weighted by molar-refractivity contribution is 9.10. The van der Waals surface area contributed by atoms with Gasteiger partial charge >= 0.3 is 0 Å². The van der Waals surface area contributed by atoms with Crippen LogP contribution >= 0.6 is 15.9 Å². The molecule has 0 saturated carbocycles. The van der Waals surface area contributed by atoms with Crippen LogP contribution in [0.3, 0.4) is 0 Å². The van der Waals surface area contributed by atoms with E-state index in [-0.39, 0.29) is 17.3 Å². The molecule has 33 heavy (non-hydrogen) atoms. The highest BCUT2D eigenvalue weighted by atomic mass is 79.9. The Kier molecular flexibility index (Phi) is 6.45. The van der Waals surface area contributed by atoms with E-state index in [0.29, 0.717) is 29.3 Å². The third kappa shape index (κ3) is 4.75. The number of carbonyl (C=O) groups excluding carboxylic acids is 1. The van der Waals surface area contributed by atoms with Gasteiger partial charge in [0.15, 0.2) is 5.69 Å². The molecule has 0 unspecified atom stereocenters. The van der Waals surface area contributed by atoms with E-state index in [1.54, 1.807) is 31.2 Å². The second kappa shape index (κ2) is 9.61. The lowest BCUT2D eigenvalue weighted by atomic mass is 10.1. The molecule has 0 bridgehead atoms. The number of halogens is 1. The fourth-order valence-electron chi connectivity index (χ4n) is 3.00. The van der Waals surface area contributed by atoms with Crippen molar-refractivity contribution >= 4 is 33.4 Å². The van der Waals surface area contributed by atoms with Crippen LogP contribution in [0, 0.1) is 0 Å². The van der Waals surface area contributed by atoms with Crippen LogP contribution in [0.25, 0.3) is 17.1 Å². The summed E-state index contributed by atoms with van der Waals surface area (Å²) in [5.41, 5.74) is 10.8. The molecular weight excluding hydrogens is 492 g/mol. The number of hydrogen-bond acceptors (Lipinski definition) is 9. The predicted molar refractivity (Wildman–Crippen MR) is 124 cm³/mol. The second-order valence-corrected chi connectivity index (χ2v) is 7.69. The van der Waals surface area contributed by atoms with E-state index in [1.807, 2.05) is 31.2 Å². The Bertz CT molecular complexity index is 1300. The fraction of sp³-hybridized carbons (Fsp3) is 0.143. The molecule has 168 valence electrons. The number of anilines is 1. The Balaban J connectivity index is 1.69. The summed E-state index contributed by atoms with van der Waals surface area (Å²) in [4.78, 5) is 13.0. The van der Waals surface area contributed by atoms with Gasteiger partial charge in [0.2, 0.25) is 11.6 Å². The van der Waals surface area contributed by atoms with Crippen molar-refractivity contribution in [3.63, 3.8) is 0 Å². The summed E-state index contributed by atoms with van der Waals surface area (Å²) in [7, 11) is 0. The lowest BCUT2D eigenvalue weighted by Crippen LogP contribution is -2.21. The van der Waals surface area contributed by atoms with Gasteiger partial charge in [0.1, 0.15) is 11.4 Å². The van der Waals surface area contributed by atoms with Crippen LogP contribution in [0.15, 0.2) is 62.7 Å². The molecule has 11 nitrogen and oxygen atoms in total. The van der Waals surface area contributed by atoms with E-state index < -0.39 is 5.91 Å². The van der Waals surface area contributed by atoms with Crippen molar-refractivity contribution in [2.75, 3.05) is 12.3 Å². The predicted octanol–water partition coefficient (Wildman–Crippen LogP) is 3.21. The van der Waals surface area contributed by atoms with E-state index in [9.17, 15) is 4.79 Å². The minimum absolute atomic E-state index is 0.00292. The number of ether oxygens (including phenoxy) is 1. The van der Waals surface area contributed by atoms with Crippen LogP contribution < -0.4 is 15.9 Å². The molecule has 2 aromatic heterocycles. The maximum atomic E-state index is 13.0. The summed E-state index contributed by atoms with van der Waals surface area (Å²) in [6, 6.07) is 14.7. The standard InChI is InChI=1S/C21H19BrN8O3/c1-3-32-16-10-6-14(7-11-16)18-17(25-29-30(18)20-19(23)27-33-28-20)21(31)26-24-12(2)13-4-8-15(22)9-5-13/h4-11H,3H2,1-2H3,(H2,23,27)(H,26,31). The van der Waals surface area contributed by atoms with Crippen molar-refractivity contribution in [3.8, 4) is 22.8 Å². The molecule has 2 heterocycles. The minimum Gasteiger partial charge on any atom is -0.494 e. The summed E-state index contributed by atoms with van der Waals surface area (Å²) in [6.07, 6.45) is 0. The highest BCUT2D eigenvalue weighted by Crippen LogP contribution is 2.28. The Morgan fingerprint density at radius 1 is 1.18 bits per heavy atom. The van der Waals surface area contributed by atoms with Gasteiger partial charge in [-0.1, -0.05) is 33.3 Å². The molecule has 0 atom stereocenters. The summed E-state index contributed by atoms with van der Waals surface area (Å²) in [5, 5.41) is 19.6. The van der Waals surface area contributed by atoms with Crippen LogP contribution in [0.1, 0.15) is 29.9 Å². The van der Waals surface area contributed by atoms with Gasteiger partial charge in [-0.25, -0.2) is 10.1 Å². The van der Waals surface area contributed by atoms with Crippen LogP contribution in [-0.4, -0.2) is 43.5 Å². The van der Waals surface area contributed by atoms with E-state index in [1.165, 1.54) is 4.68 Å². The van der Waals surface area contributed by atoms with Crippen LogP contribution in [-0.2, 0) is 0 Å². The number of carbonyl (C=O) groups is 1. The van der Waals surface area contributed by atoms with Gasteiger partial charge in [-0.15, -0.1) is 5.10 Å². The summed E-state index contributed by atoms with van der Waals surface area (Å²) < 4.78 is 12.4. The Hall–Kier alpha value is -4.06. The van der Waals surface area contributed by atoms with Gasteiger partial charge in [0, 0.05) is 10.0 Å². The Morgan fingerprint density at radius 3 is 2.55 bits per heavy atom. The quantitative estimate of drug-likeness (QED) is 0.284. The third-order valence-corrected chi connectivity index (χ3v) is 5.14. The number of rotatable bonds is 7. The first-order valence-electron chi connectivity index (χ1n) is 9.85. The van der Waals surface area contributed by atoms with Crippen LogP contribution in [0.5, 0.6) is 5.75 Å². The average molecular weight is 511 g/mol. The summed E-state index contributed by atoms with van der Waals surface area (Å²) >= 11 is 3.39. The van der Waals surface area contributed by atoms with Crippen LogP contribution in [0.4, 0.5) is 5.82 Å². The minimum atomic E-state index is -0.559. The number of hydrogen-bond donors (Lipinski definition) is 2. The lowest BCUT2D eigenvalue weighted by Gasteiger charge is -2.08. The van der Waals surface area contributed by atoms with Crippen molar-refractivity contribution in [1.82, 2.24) is 30.7 Å². The molecule has 0 aliphatic rings. The third-order valence-electron chi connectivity index (χ3n) is 4.61. The molecule has 0 saturated heterocycles. The Morgan fingerprint density at radius 2 is 1.91 bits per heavy atom. The van der Waals surface area contributed by atoms with Gasteiger partial charge in [-0.2, -0.15) is 9.78 Å². The lowest BCUT2D eigenvalue weighted by molar-refractivity contribution is 0.0950. The molecule has 0 spiro atoms. The first-order valence-corrected chi connectivity index (χ1v) is 10.6.